The fraction of sp³-hybridized carbons (Fsp3) is 0.0938. The highest BCUT2D eigenvalue weighted by molar-refractivity contribution is 9.10. The third-order valence-corrected chi connectivity index (χ3v) is 7.65. The monoisotopic (exact) mass is 644 g/mol. The summed E-state index contributed by atoms with van der Waals surface area (Å²) in [6.07, 6.45) is 1.51. The molecule has 0 saturated carbocycles. The predicted molar refractivity (Wildman–Crippen MR) is 168 cm³/mol. The first-order chi connectivity index (χ1) is 20.4. The van der Waals surface area contributed by atoms with Gasteiger partial charge in [-0.1, -0.05) is 42.0 Å². The van der Waals surface area contributed by atoms with Crippen LogP contribution in [0.1, 0.15) is 27.0 Å². The number of nitrogens with zero attached hydrogens (tertiary/aromatic N) is 2. The molecule has 0 fully saturated rings. The number of hydrogen-bond donors (Lipinski definition) is 2. The van der Waals surface area contributed by atoms with E-state index in [0.717, 1.165) is 27.6 Å². The molecule has 0 bridgehead atoms. The Balaban J connectivity index is 1.18. The van der Waals surface area contributed by atoms with Gasteiger partial charge >= 0.3 is 0 Å². The van der Waals surface area contributed by atoms with Crippen LogP contribution in [0.15, 0.2) is 99.9 Å². The molecule has 0 aliphatic rings. The molecule has 1 heterocycles. The molecule has 0 radical (unpaired) electrons. The van der Waals surface area contributed by atoms with Gasteiger partial charge in [-0.3, -0.25) is 4.79 Å². The van der Waals surface area contributed by atoms with Crippen LogP contribution < -0.4 is 20.2 Å². The fourth-order valence-electron chi connectivity index (χ4n) is 3.91. The van der Waals surface area contributed by atoms with E-state index in [2.05, 4.69) is 36.8 Å². The standard InChI is InChI=1S/C32H26BrFN4O3S/c1-20-3-13-26(14-4-20)36-32-37-28(19-42-32)22-7-9-23(10-8-22)31(39)38-35-17-24-15-29(40-2)30(16-27(24)33)41-18-21-5-11-25(34)12-6-21/h3-17,19H,18H2,1-2H3,(H,36,37)(H,38,39)/b35-17-. The number of rotatable bonds is 10. The summed E-state index contributed by atoms with van der Waals surface area (Å²) in [6.45, 7) is 2.30. The van der Waals surface area contributed by atoms with E-state index in [1.807, 2.05) is 48.7 Å². The second-order valence-corrected chi connectivity index (χ2v) is 11.0. The Kier molecular flexibility index (Phi) is 9.25. The molecular formula is C32H26BrFN4O3S. The van der Waals surface area contributed by atoms with Gasteiger partial charge in [0.1, 0.15) is 12.4 Å². The Labute approximate surface area is 255 Å². The van der Waals surface area contributed by atoms with Gasteiger partial charge in [-0.2, -0.15) is 5.10 Å². The summed E-state index contributed by atoms with van der Waals surface area (Å²) in [4.78, 5) is 17.3. The lowest BCUT2D eigenvalue weighted by Crippen LogP contribution is -2.17. The van der Waals surface area contributed by atoms with Crippen molar-refractivity contribution in [3.8, 4) is 22.8 Å². The number of hydrogen-bond acceptors (Lipinski definition) is 7. The van der Waals surface area contributed by atoms with Crippen LogP contribution in [-0.4, -0.2) is 24.2 Å². The number of ether oxygens (including phenoxy) is 2. The molecule has 1 amide bonds. The van der Waals surface area contributed by atoms with Gasteiger partial charge in [0.05, 0.1) is 19.0 Å². The van der Waals surface area contributed by atoms with Crippen LogP contribution in [0.2, 0.25) is 0 Å². The first-order valence-corrected chi connectivity index (χ1v) is 14.5. The van der Waals surface area contributed by atoms with Gasteiger partial charge in [-0.05, 0) is 76.9 Å². The molecule has 10 heteroatoms. The number of anilines is 2. The molecule has 0 aliphatic carbocycles. The second kappa shape index (κ2) is 13.4. The Hall–Kier alpha value is -4.54. The summed E-state index contributed by atoms with van der Waals surface area (Å²) in [7, 11) is 1.54. The molecular weight excluding hydrogens is 619 g/mol. The van der Waals surface area contributed by atoms with Gasteiger partial charge in [-0.15, -0.1) is 11.3 Å². The number of nitrogens with one attached hydrogen (secondary N) is 2. The number of aryl methyl sites for hydroxylation is 1. The third-order valence-electron chi connectivity index (χ3n) is 6.21. The fourth-order valence-corrected chi connectivity index (χ4v) is 5.07. The van der Waals surface area contributed by atoms with Crippen molar-refractivity contribution in [2.75, 3.05) is 12.4 Å². The largest absolute Gasteiger partial charge is 0.493 e. The van der Waals surface area contributed by atoms with E-state index < -0.39 is 0 Å². The molecule has 0 atom stereocenters. The smallest absolute Gasteiger partial charge is 0.271 e. The number of benzene rings is 4. The predicted octanol–water partition coefficient (Wildman–Crippen LogP) is 8.12. The van der Waals surface area contributed by atoms with Gasteiger partial charge in [0.25, 0.3) is 5.91 Å². The Morgan fingerprint density at radius 1 is 1.02 bits per heavy atom. The van der Waals surface area contributed by atoms with Gasteiger partial charge in [0, 0.05) is 32.2 Å². The second-order valence-electron chi connectivity index (χ2n) is 9.25. The topological polar surface area (TPSA) is 84.8 Å². The van der Waals surface area contributed by atoms with Crippen molar-refractivity contribution in [1.82, 2.24) is 10.4 Å². The summed E-state index contributed by atoms with van der Waals surface area (Å²) in [6, 6.07) is 24.9. The molecule has 212 valence electrons. The lowest BCUT2D eigenvalue weighted by Gasteiger charge is -2.13. The van der Waals surface area contributed by atoms with Crippen molar-refractivity contribution in [2.24, 2.45) is 5.10 Å². The van der Waals surface area contributed by atoms with Crippen LogP contribution in [0.5, 0.6) is 11.5 Å². The van der Waals surface area contributed by atoms with Gasteiger partial charge in [0.2, 0.25) is 0 Å². The van der Waals surface area contributed by atoms with Crippen LogP contribution in [-0.2, 0) is 6.61 Å². The maximum absolute atomic E-state index is 13.2. The first-order valence-electron chi connectivity index (χ1n) is 12.9. The van der Waals surface area contributed by atoms with E-state index in [9.17, 15) is 9.18 Å². The molecule has 2 N–H and O–H groups in total. The summed E-state index contributed by atoms with van der Waals surface area (Å²) in [5, 5.41) is 10.2. The molecule has 5 rings (SSSR count). The van der Waals surface area contributed by atoms with Gasteiger partial charge in [-0.25, -0.2) is 14.8 Å². The van der Waals surface area contributed by atoms with E-state index in [1.54, 1.807) is 36.4 Å². The van der Waals surface area contributed by atoms with E-state index in [4.69, 9.17) is 9.47 Å². The minimum Gasteiger partial charge on any atom is -0.493 e. The van der Waals surface area contributed by atoms with Crippen LogP contribution in [0.25, 0.3) is 11.3 Å². The lowest BCUT2D eigenvalue weighted by atomic mass is 10.1. The Bertz CT molecular complexity index is 1710. The summed E-state index contributed by atoms with van der Waals surface area (Å²) < 4.78 is 25.2. The average Bonchev–Trinajstić information content (AvgIpc) is 3.47. The van der Waals surface area contributed by atoms with Crippen molar-refractivity contribution < 1.29 is 18.7 Å². The summed E-state index contributed by atoms with van der Waals surface area (Å²) >= 11 is 5.03. The molecule has 5 aromatic rings. The number of aromatic nitrogens is 1. The number of halogens is 2. The van der Waals surface area contributed by atoms with E-state index in [1.165, 1.54) is 42.4 Å². The molecule has 4 aromatic carbocycles. The van der Waals surface area contributed by atoms with Crippen LogP contribution in [0.4, 0.5) is 15.2 Å². The summed E-state index contributed by atoms with van der Waals surface area (Å²) in [5.41, 5.74) is 8.42. The zero-order valence-corrected chi connectivity index (χ0v) is 25.1. The van der Waals surface area contributed by atoms with Crippen LogP contribution in [0.3, 0.4) is 0 Å². The molecule has 42 heavy (non-hydrogen) atoms. The van der Waals surface area contributed by atoms with Gasteiger partial charge < -0.3 is 14.8 Å². The molecule has 0 unspecified atom stereocenters. The number of thiazole rings is 1. The average molecular weight is 646 g/mol. The lowest BCUT2D eigenvalue weighted by molar-refractivity contribution is 0.0955. The van der Waals surface area contributed by atoms with Crippen LogP contribution >= 0.6 is 27.3 Å². The van der Waals surface area contributed by atoms with E-state index in [0.29, 0.717) is 27.1 Å². The van der Waals surface area contributed by atoms with E-state index >= 15 is 0 Å². The number of methoxy groups -OCH3 is 1. The SMILES string of the molecule is COc1cc(/C=N\NC(=O)c2ccc(-c3csc(Nc4ccc(C)cc4)n3)cc2)c(Br)cc1OCc1ccc(F)cc1. The van der Waals surface area contributed by atoms with Crippen LogP contribution in [0, 0.1) is 12.7 Å². The highest BCUT2D eigenvalue weighted by atomic mass is 79.9. The van der Waals surface area contributed by atoms with E-state index in [-0.39, 0.29) is 18.3 Å². The number of carbonyl (C=O) groups excluding carboxylic acids is 1. The Morgan fingerprint density at radius 3 is 2.48 bits per heavy atom. The molecule has 0 saturated heterocycles. The molecule has 0 spiro atoms. The molecule has 0 aliphatic heterocycles. The van der Waals surface area contributed by atoms with Crippen molar-refractivity contribution in [1.29, 1.82) is 0 Å². The van der Waals surface area contributed by atoms with Crippen molar-refractivity contribution >= 4 is 50.2 Å². The van der Waals surface area contributed by atoms with Gasteiger partial charge in [0.15, 0.2) is 16.6 Å². The quantitative estimate of drug-likeness (QED) is 0.118. The highest BCUT2D eigenvalue weighted by Gasteiger charge is 2.11. The van der Waals surface area contributed by atoms with Crippen molar-refractivity contribution in [3.05, 3.63) is 123 Å². The maximum Gasteiger partial charge on any atom is 0.271 e. The summed E-state index contributed by atoms with van der Waals surface area (Å²) in [5.74, 6) is 0.347. The normalized spacial score (nSPS) is 11.0. The number of amides is 1. The minimum absolute atomic E-state index is 0.249. The third kappa shape index (κ3) is 7.39. The Morgan fingerprint density at radius 2 is 1.76 bits per heavy atom. The molecule has 1 aromatic heterocycles. The number of carbonyl (C=O) groups is 1. The highest BCUT2D eigenvalue weighted by Crippen LogP contribution is 2.33. The first kappa shape index (κ1) is 29.0. The maximum atomic E-state index is 13.2. The minimum atomic E-state index is -0.347. The van der Waals surface area contributed by atoms with Crippen molar-refractivity contribution in [2.45, 2.75) is 13.5 Å². The zero-order chi connectivity index (χ0) is 29.5. The zero-order valence-electron chi connectivity index (χ0n) is 22.7. The molecule has 7 nitrogen and oxygen atoms in total. The van der Waals surface area contributed by atoms with Crippen molar-refractivity contribution in [3.63, 3.8) is 0 Å². The number of hydrazone groups is 1.